The molecular formula is C22H28IN5O2S. The second-order valence-electron chi connectivity index (χ2n) is 7.55. The van der Waals surface area contributed by atoms with Gasteiger partial charge in [0.15, 0.2) is 16.7 Å². The molecule has 0 radical (unpaired) electrons. The van der Waals surface area contributed by atoms with Crippen LogP contribution in [0.1, 0.15) is 31.9 Å². The minimum atomic E-state index is -0.234. The van der Waals surface area contributed by atoms with Crippen molar-refractivity contribution < 1.29 is 9.21 Å². The molecule has 1 aliphatic rings. The summed E-state index contributed by atoms with van der Waals surface area (Å²) in [5.74, 6) is 2.47. The monoisotopic (exact) mass is 553 g/mol. The Bertz CT molecular complexity index is 1010. The standard InChI is InChI=1S/C22H27N5O2S.HI/c1-2-24-22(27-11-5-6-15(14-27)12-20(23)28)25-13-16-9-10-18(29-16)21-26-17-7-3-4-8-19(17)30-21;/h3-4,7-10,15H,2,5-6,11-14H2,1H3,(H2,23,28)(H,24,25);1H. The Kier molecular flexibility index (Phi) is 8.30. The molecule has 4 rings (SSSR count). The molecule has 1 atom stereocenters. The van der Waals surface area contributed by atoms with Gasteiger partial charge in [0.25, 0.3) is 0 Å². The number of likely N-dealkylation sites (tertiary alicyclic amines) is 1. The first-order chi connectivity index (χ1) is 14.6. The molecular weight excluding hydrogens is 525 g/mol. The predicted molar refractivity (Wildman–Crippen MR) is 136 cm³/mol. The van der Waals surface area contributed by atoms with Gasteiger partial charge in [-0.15, -0.1) is 35.3 Å². The van der Waals surface area contributed by atoms with E-state index in [2.05, 4.69) is 28.2 Å². The molecule has 1 unspecified atom stereocenters. The highest BCUT2D eigenvalue weighted by Crippen LogP contribution is 2.31. The van der Waals surface area contributed by atoms with Gasteiger partial charge >= 0.3 is 0 Å². The first-order valence-electron chi connectivity index (χ1n) is 10.4. The summed E-state index contributed by atoms with van der Waals surface area (Å²) >= 11 is 1.62. The van der Waals surface area contributed by atoms with E-state index in [0.717, 1.165) is 65.2 Å². The van der Waals surface area contributed by atoms with Crippen molar-refractivity contribution in [3.8, 4) is 10.8 Å². The Balaban J connectivity index is 0.00000272. The summed E-state index contributed by atoms with van der Waals surface area (Å²) in [5, 5.41) is 4.24. The van der Waals surface area contributed by atoms with Crippen LogP contribution in [0.2, 0.25) is 0 Å². The number of guanidine groups is 1. The zero-order valence-electron chi connectivity index (χ0n) is 17.5. The molecule has 1 aliphatic heterocycles. The molecule has 1 fully saturated rings. The van der Waals surface area contributed by atoms with E-state index >= 15 is 0 Å². The van der Waals surface area contributed by atoms with Gasteiger partial charge in [-0.05, 0) is 49.9 Å². The number of hydrogen-bond acceptors (Lipinski definition) is 5. The minimum absolute atomic E-state index is 0. The lowest BCUT2D eigenvalue weighted by Crippen LogP contribution is -2.47. The Morgan fingerprint density at radius 1 is 1.35 bits per heavy atom. The molecule has 166 valence electrons. The number of furan rings is 1. The van der Waals surface area contributed by atoms with Crippen LogP contribution in [-0.2, 0) is 11.3 Å². The molecule has 9 heteroatoms. The number of rotatable bonds is 6. The molecule has 0 bridgehead atoms. The Labute approximate surface area is 203 Å². The number of aromatic nitrogens is 1. The number of nitrogens with one attached hydrogen (secondary N) is 1. The lowest BCUT2D eigenvalue weighted by Gasteiger charge is -2.34. The molecule has 3 N–H and O–H groups in total. The number of nitrogens with two attached hydrogens (primary N) is 1. The van der Waals surface area contributed by atoms with Crippen LogP contribution in [0.25, 0.3) is 21.0 Å². The molecule has 2 aromatic heterocycles. The van der Waals surface area contributed by atoms with Gasteiger partial charge in [0.1, 0.15) is 12.3 Å². The van der Waals surface area contributed by atoms with E-state index in [1.807, 2.05) is 30.3 Å². The average molecular weight is 553 g/mol. The number of carbonyl (C=O) groups is 1. The van der Waals surface area contributed by atoms with E-state index < -0.39 is 0 Å². The maximum absolute atomic E-state index is 11.3. The maximum Gasteiger partial charge on any atom is 0.217 e. The highest BCUT2D eigenvalue weighted by Gasteiger charge is 2.23. The number of piperidine rings is 1. The third kappa shape index (κ3) is 5.97. The van der Waals surface area contributed by atoms with Gasteiger partial charge in [-0.25, -0.2) is 9.98 Å². The molecule has 31 heavy (non-hydrogen) atoms. The molecule has 1 amide bonds. The largest absolute Gasteiger partial charge is 0.457 e. The molecule has 3 heterocycles. The van der Waals surface area contributed by atoms with E-state index in [9.17, 15) is 4.79 Å². The van der Waals surface area contributed by atoms with Crippen LogP contribution >= 0.6 is 35.3 Å². The third-order valence-corrected chi connectivity index (χ3v) is 6.25. The number of nitrogens with zero attached hydrogens (tertiary/aromatic N) is 3. The second kappa shape index (κ2) is 10.9. The first-order valence-corrected chi connectivity index (χ1v) is 11.2. The second-order valence-corrected chi connectivity index (χ2v) is 8.58. The van der Waals surface area contributed by atoms with Gasteiger partial charge < -0.3 is 20.4 Å². The molecule has 0 spiro atoms. The third-order valence-electron chi connectivity index (χ3n) is 5.19. The van der Waals surface area contributed by atoms with Gasteiger partial charge in [-0.3, -0.25) is 4.79 Å². The number of carbonyl (C=O) groups excluding carboxylic acids is 1. The van der Waals surface area contributed by atoms with E-state index in [4.69, 9.17) is 15.1 Å². The average Bonchev–Trinajstić information content (AvgIpc) is 3.37. The molecule has 3 aromatic rings. The maximum atomic E-state index is 11.3. The molecule has 1 saturated heterocycles. The van der Waals surface area contributed by atoms with Crippen molar-refractivity contribution in [1.82, 2.24) is 15.2 Å². The number of aliphatic imine (C=N–C) groups is 1. The fraction of sp³-hybridized carbons (Fsp3) is 0.409. The summed E-state index contributed by atoms with van der Waals surface area (Å²) in [6.07, 6.45) is 2.49. The van der Waals surface area contributed by atoms with E-state index in [0.29, 0.717) is 13.0 Å². The summed E-state index contributed by atoms with van der Waals surface area (Å²) in [5.41, 5.74) is 6.38. The first kappa shape index (κ1) is 23.5. The Morgan fingerprint density at radius 2 is 2.19 bits per heavy atom. The Hall–Kier alpha value is -2.14. The number of para-hydroxylation sites is 1. The lowest BCUT2D eigenvalue weighted by atomic mass is 9.95. The van der Waals surface area contributed by atoms with Crippen molar-refractivity contribution in [2.75, 3.05) is 19.6 Å². The number of amides is 1. The zero-order valence-corrected chi connectivity index (χ0v) is 20.7. The number of hydrogen-bond donors (Lipinski definition) is 2. The minimum Gasteiger partial charge on any atom is -0.457 e. The van der Waals surface area contributed by atoms with Gasteiger partial charge in [-0.1, -0.05) is 12.1 Å². The van der Waals surface area contributed by atoms with Crippen molar-refractivity contribution in [2.24, 2.45) is 16.6 Å². The summed E-state index contributed by atoms with van der Waals surface area (Å²) in [6.45, 7) is 5.01. The summed E-state index contributed by atoms with van der Waals surface area (Å²) in [4.78, 5) is 23.0. The quantitative estimate of drug-likeness (QED) is 0.271. The predicted octanol–water partition coefficient (Wildman–Crippen LogP) is 4.23. The number of halogens is 1. The number of benzene rings is 1. The van der Waals surface area contributed by atoms with Crippen LogP contribution in [0.5, 0.6) is 0 Å². The van der Waals surface area contributed by atoms with Gasteiger partial charge in [-0.2, -0.15) is 0 Å². The summed E-state index contributed by atoms with van der Waals surface area (Å²) in [6, 6.07) is 12.0. The van der Waals surface area contributed by atoms with Crippen molar-refractivity contribution >= 4 is 57.4 Å². The van der Waals surface area contributed by atoms with Crippen LogP contribution in [0, 0.1) is 5.92 Å². The fourth-order valence-electron chi connectivity index (χ4n) is 3.84. The van der Waals surface area contributed by atoms with Crippen molar-refractivity contribution in [3.05, 3.63) is 42.2 Å². The normalized spacial score (nSPS) is 16.9. The zero-order chi connectivity index (χ0) is 20.9. The van der Waals surface area contributed by atoms with Crippen molar-refractivity contribution in [2.45, 2.75) is 32.7 Å². The van der Waals surface area contributed by atoms with E-state index in [1.165, 1.54) is 0 Å². The Morgan fingerprint density at radius 3 is 2.97 bits per heavy atom. The highest BCUT2D eigenvalue weighted by molar-refractivity contribution is 14.0. The lowest BCUT2D eigenvalue weighted by molar-refractivity contribution is -0.119. The van der Waals surface area contributed by atoms with Crippen LogP contribution in [0.4, 0.5) is 0 Å². The molecule has 0 saturated carbocycles. The van der Waals surface area contributed by atoms with Crippen molar-refractivity contribution in [3.63, 3.8) is 0 Å². The van der Waals surface area contributed by atoms with Crippen molar-refractivity contribution in [1.29, 1.82) is 0 Å². The van der Waals surface area contributed by atoms with Crippen LogP contribution in [0.3, 0.4) is 0 Å². The van der Waals surface area contributed by atoms with Gasteiger partial charge in [0, 0.05) is 26.1 Å². The topological polar surface area (TPSA) is 96.8 Å². The number of thiazole rings is 1. The summed E-state index contributed by atoms with van der Waals surface area (Å²) < 4.78 is 7.17. The molecule has 1 aromatic carbocycles. The molecule has 7 nitrogen and oxygen atoms in total. The number of fused-ring (bicyclic) bond motifs is 1. The van der Waals surface area contributed by atoms with Gasteiger partial charge in [0.05, 0.1) is 10.2 Å². The van der Waals surface area contributed by atoms with Crippen LogP contribution in [0.15, 0.2) is 45.8 Å². The van der Waals surface area contributed by atoms with E-state index in [-0.39, 0.29) is 35.8 Å². The summed E-state index contributed by atoms with van der Waals surface area (Å²) in [7, 11) is 0. The van der Waals surface area contributed by atoms with Crippen LogP contribution in [-0.4, -0.2) is 41.4 Å². The molecule has 0 aliphatic carbocycles. The fourth-order valence-corrected chi connectivity index (χ4v) is 4.77. The smallest absolute Gasteiger partial charge is 0.217 e. The van der Waals surface area contributed by atoms with E-state index in [1.54, 1.807) is 11.3 Å². The SMILES string of the molecule is CCNC(=NCc1ccc(-c2nc3ccccc3s2)o1)N1CCCC(CC(N)=O)C1.I. The van der Waals surface area contributed by atoms with Crippen LogP contribution < -0.4 is 11.1 Å². The number of primary amides is 1. The van der Waals surface area contributed by atoms with Gasteiger partial charge in [0.2, 0.25) is 5.91 Å². The highest BCUT2D eigenvalue weighted by atomic mass is 127.